The highest BCUT2D eigenvalue weighted by Gasteiger charge is 2.12. The second kappa shape index (κ2) is 8.24. The minimum absolute atomic E-state index is 0.0918. The Morgan fingerprint density at radius 2 is 2.08 bits per heavy atom. The number of anilines is 1. The van der Waals surface area contributed by atoms with Crippen molar-refractivity contribution in [1.82, 2.24) is 4.98 Å². The molecule has 0 atom stereocenters. The number of nitrogens with zero attached hydrogens (tertiary/aromatic N) is 3. The summed E-state index contributed by atoms with van der Waals surface area (Å²) in [6.45, 7) is 0.333. The first-order chi connectivity index (χ1) is 11.6. The van der Waals surface area contributed by atoms with Gasteiger partial charge in [-0.25, -0.2) is 4.98 Å². The number of carbonyl (C=O) groups is 1. The smallest absolute Gasteiger partial charge is 0.269 e. The summed E-state index contributed by atoms with van der Waals surface area (Å²) < 4.78 is 5.51. The van der Waals surface area contributed by atoms with Gasteiger partial charge in [0.2, 0.25) is 0 Å². The van der Waals surface area contributed by atoms with Crippen LogP contribution in [0.5, 0.6) is 5.75 Å². The number of rotatable bonds is 7. The summed E-state index contributed by atoms with van der Waals surface area (Å²) in [4.78, 5) is 26.4. The molecule has 0 aliphatic heterocycles. The summed E-state index contributed by atoms with van der Waals surface area (Å²) in [6, 6.07) is 10.6. The molecule has 0 saturated carbocycles. The Morgan fingerprint density at radius 3 is 2.75 bits per heavy atom. The number of aromatic nitrogens is 1. The van der Waals surface area contributed by atoms with Crippen molar-refractivity contribution in [2.24, 2.45) is 0 Å². The van der Waals surface area contributed by atoms with Crippen LogP contribution in [0.15, 0.2) is 42.6 Å². The number of ether oxygens (including phenoxy) is 1. The van der Waals surface area contributed by atoms with Gasteiger partial charge in [-0.05, 0) is 30.7 Å². The van der Waals surface area contributed by atoms with E-state index in [2.05, 4.69) is 10.3 Å². The summed E-state index contributed by atoms with van der Waals surface area (Å²) in [5.74, 6) is 0.189. The van der Waals surface area contributed by atoms with Gasteiger partial charge in [-0.1, -0.05) is 0 Å². The van der Waals surface area contributed by atoms with Crippen molar-refractivity contribution >= 4 is 17.4 Å². The van der Waals surface area contributed by atoms with Crippen molar-refractivity contribution in [2.75, 3.05) is 11.9 Å². The minimum Gasteiger partial charge on any atom is -0.490 e. The van der Waals surface area contributed by atoms with Gasteiger partial charge in [0.05, 0.1) is 17.6 Å². The molecule has 8 nitrogen and oxygen atoms in total. The summed E-state index contributed by atoms with van der Waals surface area (Å²) in [6.07, 6.45) is 2.46. The maximum atomic E-state index is 12.2. The molecule has 24 heavy (non-hydrogen) atoms. The summed E-state index contributed by atoms with van der Waals surface area (Å²) in [5, 5.41) is 21.7. The fourth-order valence-electron chi connectivity index (χ4n) is 1.85. The Kier molecular flexibility index (Phi) is 5.80. The van der Waals surface area contributed by atoms with Crippen LogP contribution in [0, 0.1) is 21.4 Å². The first-order valence-electron chi connectivity index (χ1n) is 7.12. The average Bonchev–Trinajstić information content (AvgIpc) is 2.60. The van der Waals surface area contributed by atoms with E-state index in [1.807, 2.05) is 6.07 Å². The molecule has 0 saturated heterocycles. The largest absolute Gasteiger partial charge is 0.490 e. The van der Waals surface area contributed by atoms with Gasteiger partial charge in [-0.3, -0.25) is 14.9 Å². The molecule has 0 unspecified atom stereocenters. The Labute approximate surface area is 137 Å². The standard InChI is InChI=1S/C16H14N4O4/c17-9-1-2-11-24-14-4-3-10-18-15(14)19-16(21)12-5-7-13(8-6-12)20(22)23/h3-8,10H,1-2,11H2,(H,18,19,21). The zero-order chi connectivity index (χ0) is 17.4. The number of non-ortho nitro benzene ring substituents is 1. The molecule has 0 aliphatic carbocycles. The van der Waals surface area contributed by atoms with Gasteiger partial charge in [-0.2, -0.15) is 5.26 Å². The van der Waals surface area contributed by atoms with Crippen molar-refractivity contribution in [3.8, 4) is 11.8 Å². The highest BCUT2D eigenvalue weighted by molar-refractivity contribution is 6.04. The normalized spacial score (nSPS) is 9.79. The van der Waals surface area contributed by atoms with Gasteiger partial charge in [0, 0.05) is 30.3 Å². The van der Waals surface area contributed by atoms with Gasteiger partial charge >= 0.3 is 0 Å². The van der Waals surface area contributed by atoms with Crippen LogP contribution in [0.4, 0.5) is 11.5 Å². The van der Waals surface area contributed by atoms with E-state index in [4.69, 9.17) is 10.00 Å². The molecule has 0 fully saturated rings. The van der Waals surface area contributed by atoms with Crippen molar-refractivity contribution < 1.29 is 14.5 Å². The molecule has 1 heterocycles. The number of pyridine rings is 1. The molecule has 1 aromatic carbocycles. The number of carbonyl (C=O) groups excluding carboxylic acids is 1. The highest BCUT2D eigenvalue weighted by atomic mass is 16.6. The van der Waals surface area contributed by atoms with E-state index < -0.39 is 10.8 Å². The van der Waals surface area contributed by atoms with E-state index in [0.29, 0.717) is 25.2 Å². The Balaban J connectivity index is 2.05. The zero-order valence-corrected chi connectivity index (χ0v) is 12.6. The lowest BCUT2D eigenvalue weighted by molar-refractivity contribution is -0.384. The van der Waals surface area contributed by atoms with Gasteiger partial charge < -0.3 is 10.1 Å². The van der Waals surface area contributed by atoms with Crippen LogP contribution in [-0.2, 0) is 0 Å². The molecule has 0 aliphatic rings. The number of nitrogens with one attached hydrogen (secondary N) is 1. The molecule has 0 radical (unpaired) electrons. The quantitative estimate of drug-likeness (QED) is 0.475. The summed E-state index contributed by atoms with van der Waals surface area (Å²) >= 11 is 0. The third-order valence-electron chi connectivity index (χ3n) is 3.03. The van der Waals surface area contributed by atoms with E-state index in [-0.39, 0.29) is 17.1 Å². The molecule has 8 heteroatoms. The van der Waals surface area contributed by atoms with Crippen LogP contribution in [0.25, 0.3) is 0 Å². The molecule has 1 N–H and O–H groups in total. The first kappa shape index (κ1) is 16.9. The second-order valence-corrected chi connectivity index (χ2v) is 4.72. The van der Waals surface area contributed by atoms with Gasteiger partial charge in [-0.15, -0.1) is 0 Å². The van der Waals surface area contributed by atoms with Crippen molar-refractivity contribution in [3.05, 3.63) is 58.3 Å². The van der Waals surface area contributed by atoms with Gasteiger partial charge in [0.25, 0.3) is 11.6 Å². The highest BCUT2D eigenvalue weighted by Crippen LogP contribution is 2.22. The van der Waals surface area contributed by atoms with Crippen molar-refractivity contribution in [1.29, 1.82) is 5.26 Å². The Hall–Kier alpha value is -3.47. The average molecular weight is 326 g/mol. The number of nitriles is 1. The SMILES string of the molecule is N#CCCCOc1cccnc1NC(=O)c1ccc([N+](=O)[O-])cc1. The number of unbranched alkanes of at least 4 members (excludes halogenated alkanes) is 1. The fraction of sp³-hybridized carbons (Fsp3) is 0.188. The number of benzene rings is 1. The van der Waals surface area contributed by atoms with Crippen LogP contribution in [0.3, 0.4) is 0 Å². The molecular weight excluding hydrogens is 312 g/mol. The molecule has 0 spiro atoms. The Bertz CT molecular complexity index is 768. The molecule has 1 aromatic heterocycles. The molecular formula is C16H14N4O4. The number of hydrogen-bond acceptors (Lipinski definition) is 6. The maximum absolute atomic E-state index is 12.2. The molecule has 122 valence electrons. The molecule has 2 rings (SSSR count). The lowest BCUT2D eigenvalue weighted by Gasteiger charge is -2.11. The first-order valence-corrected chi connectivity index (χ1v) is 7.12. The number of hydrogen-bond donors (Lipinski definition) is 1. The topological polar surface area (TPSA) is 118 Å². The van der Waals surface area contributed by atoms with Gasteiger partial charge in [0.1, 0.15) is 0 Å². The van der Waals surface area contributed by atoms with Crippen LogP contribution in [-0.4, -0.2) is 22.4 Å². The number of amides is 1. The summed E-state index contributed by atoms with van der Waals surface area (Å²) in [5.41, 5.74) is 0.174. The van der Waals surface area contributed by atoms with E-state index in [9.17, 15) is 14.9 Å². The predicted molar refractivity (Wildman–Crippen MR) is 85.6 cm³/mol. The number of nitro groups is 1. The fourth-order valence-corrected chi connectivity index (χ4v) is 1.85. The molecule has 2 aromatic rings. The van der Waals surface area contributed by atoms with Crippen molar-refractivity contribution in [2.45, 2.75) is 12.8 Å². The van der Waals surface area contributed by atoms with E-state index >= 15 is 0 Å². The minimum atomic E-state index is -0.534. The lowest BCUT2D eigenvalue weighted by atomic mass is 10.2. The van der Waals surface area contributed by atoms with Crippen LogP contribution in [0.1, 0.15) is 23.2 Å². The second-order valence-electron chi connectivity index (χ2n) is 4.72. The summed E-state index contributed by atoms with van der Waals surface area (Å²) in [7, 11) is 0. The lowest BCUT2D eigenvalue weighted by Crippen LogP contribution is -2.14. The van der Waals surface area contributed by atoms with Gasteiger partial charge in [0.15, 0.2) is 11.6 Å². The maximum Gasteiger partial charge on any atom is 0.269 e. The monoisotopic (exact) mass is 326 g/mol. The van der Waals surface area contributed by atoms with E-state index in [0.717, 1.165) is 0 Å². The molecule has 0 bridgehead atoms. The van der Waals surface area contributed by atoms with E-state index in [1.165, 1.54) is 30.5 Å². The Morgan fingerprint density at radius 1 is 1.33 bits per heavy atom. The van der Waals surface area contributed by atoms with E-state index in [1.54, 1.807) is 12.1 Å². The van der Waals surface area contributed by atoms with Crippen LogP contribution in [0.2, 0.25) is 0 Å². The number of nitro benzene ring substituents is 1. The van der Waals surface area contributed by atoms with Crippen LogP contribution >= 0.6 is 0 Å². The predicted octanol–water partition coefficient (Wildman–Crippen LogP) is 2.92. The van der Waals surface area contributed by atoms with Crippen LogP contribution < -0.4 is 10.1 Å². The van der Waals surface area contributed by atoms with Crippen molar-refractivity contribution in [3.63, 3.8) is 0 Å². The third kappa shape index (κ3) is 4.51. The zero-order valence-electron chi connectivity index (χ0n) is 12.6. The molecule has 1 amide bonds. The third-order valence-corrected chi connectivity index (χ3v) is 3.03.